The highest BCUT2D eigenvalue weighted by Crippen LogP contribution is 2.59. The molecule has 238 valence electrons. The number of methoxy groups -OCH3 is 4. The van der Waals surface area contributed by atoms with Crippen molar-refractivity contribution in [1.29, 1.82) is 0 Å². The maximum atomic E-state index is 14.6. The average Bonchev–Trinajstić information content (AvgIpc) is 3.59. The maximum absolute atomic E-state index is 14.6. The summed E-state index contributed by atoms with van der Waals surface area (Å²) in [6.45, 7) is 0.265. The van der Waals surface area contributed by atoms with Crippen LogP contribution >= 0.6 is 0 Å². The number of aliphatic imine (C=N–C) groups is 1. The second kappa shape index (κ2) is 11.6. The molecule has 0 saturated carbocycles. The standard InChI is InChI=1S/C33H31N3O9S/c1-42-21-14-16-22(17-15-21)46(40,41)36-25(29(37)43-2)18-33-23-12-8-9-13-24(23)35(19-20-10-6-5-7-11-20)28(33)26(30(38)44-3)27(31(39)45-4)34-32(33)36/h5-17,25,28H,18-19H2,1-4H3/t25-,28-,33-/m0/s1. The molecule has 1 fully saturated rings. The van der Waals surface area contributed by atoms with Crippen LogP contribution in [0.2, 0.25) is 0 Å². The van der Waals surface area contributed by atoms with E-state index in [0.717, 1.165) is 17.0 Å². The van der Waals surface area contributed by atoms with E-state index in [4.69, 9.17) is 18.9 Å². The molecule has 0 bridgehead atoms. The number of anilines is 1. The topological polar surface area (TPSA) is 141 Å². The number of rotatable bonds is 8. The lowest BCUT2D eigenvalue weighted by molar-refractivity contribution is -0.144. The molecule has 3 aromatic carbocycles. The molecule has 1 spiro atoms. The largest absolute Gasteiger partial charge is 0.497 e. The molecule has 3 atom stereocenters. The van der Waals surface area contributed by atoms with E-state index >= 15 is 0 Å². The van der Waals surface area contributed by atoms with Crippen molar-refractivity contribution in [3.63, 3.8) is 0 Å². The van der Waals surface area contributed by atoms with Crippen molar-refractivity contribution in [2.24, 2.45) is 4.99 Å². The molecular weight excluding hydrogens is 614 g/mol. The highest BCUT2D eigenvalue weighted by atomic mass is 32.2. The first-order valence-electron chi connectivity index (χ1n) is 14.3. The van der Waals surface area contributed by atoms with Crippen LogP contribution in [-0.4, -0.2) is 77.0 Å². The highest BCUT2D eigenvalue weighted by Gasteiger charge is 2.68. The number of esters is 3. The van der Waals surface area contributed by atoms with E-state index in [1.807, 2.05) is 53.4 Å². The molecule has 0 aliphatic carbocycles. The van der Waals surface area contributed by atoms with Gasteiger partial charge in [-0.3, -0.25) is 0 Å². The van der Waals surface area contributed by atoms with Gasteiger partial charge in [0.25, 0.3) is 10.0 Å². The molecule has 46 heavy (non-hydrogen) atoms. The van der Waals surface area contributed by atoms with E-state index in [1.165, 1.54) is 45.6 Å². The van der Waals surface area contributed by atoms with Gasteiger partial charge in [-0.2, -0.15) is 0 Å². The first kappa shape index (κ1) is 30.8. The minimum Gasteiger partial charge on any atom is -0.497 e. The molecule has 0 unspecified atom stereocenters. The third kappa shape index (κ3) is 4.52. The smallest absolute Gasteiger partial charge is 0.357 e. The molecule has 0 amide bonds. The van der Waals surface area contributed by atoms with Crippen molar-refractivity contribution in [3.8, 4) is 5.75 Å². The number of benzene rings is 3. The molecular formula is C33H31N3O9S. The van der Waals surface area contributed by atoms with Crippen LogP contribution in [-0.2, 0) is 50.6 Å². The fraction of sp³-hybridized carbons (Fsp3) is 0.273. The van der Waals surface area contributed by atoms with Gasteiger partial charge in [-0.25, -0.2) is 32.1 Å². The summed E-state index contributed by atoms with van der Waals surface area (Å²) in [5.41, 5.74) is 0.233. The van der Waals surface area contributed by atoms with E-state index < -0.39 is 51.1 Å². The summed E-state index contributed by atoms with van der Waals surface area (Å²) >= 11 is 0. The predicted octanol–water partition coefficient (Wildman–Crippen LogP) is 2.97. The van der Waals surface area contributed by atoms with Crippen LogP contribution in [0.1, 0.15) is 17.5 Å². The Morgan fingerprint density at radius 1 is 0.848 bits per heavy atom. The third-order valence-electron chi connectivity index (χ3n) is 8.69. The Morgan fingerprint density at radius 3 is 2.13 bits per heavy atom. The number of carbonyl (C=O) groups excluding carboxylic acids is 3. The van der Waals surface area contributed by atoms with Gasteiger partial charge in [-0.1, -0.05) is 48.5 Å². The Balaban J connectivity index is 1.68. The number of hydrogen-bond donors (Lipinski definition) is 0. The van der Waals surface area contributed by atoms with Crippen LogP contribution < -0.4 is 9.64 Å². The number of fused-ring (bicyclic) bond motifs is 1. The summed E-state index contributed by atoms with van der Waals surface area (Å²) in [6.07, 6.45) is -0.143. The summed E-state index contributed by atoms with van der Waals surface area (Å²) in [6, 6.07) is 20.0. The number of nitrogens with zero attached hydrogens (tertiary/aromatic N) is 3. The Hall–Kier alpha value is -5.17. The zero-order valence-corrected chi connectivity index (χ0v) is 26.3. The maximum Gasteiger partial charge on any atom is 0.357 e. The van der Waals surface area contributed by atoms with Crippen molar-refractivity contribution >= 4 is 39.5 Å². The SMILES string of the molecule is COC(=O)C1=C(C(=O)OC)[C@@H]2N(Cc3ccccc3)c3ccccc3[C@@]23C[C@@H](C(=O)OC)N(S(=O)(=O)c2ccc(OC)cc2)C3=N1. The number of sulfonamides is 1. The molecule has 13 heteroatoms. The molecule has 1 saturated heterocycles. The van der Waals surface area contributed by atoms with E-state index in [0.29, 0.717) is 17.0 Å². The van der Waals surface area contributed by atoms with Crippen molar-refractivity contribution in [1.82, 2.24) is 4.31 Å². The lowest BCUT2D eigenvalue weighted by atomic mass is 9.69. The molecule has 6 rings (SSSR count). The zero-order chi connectivity index (χ0) is 32.8. The van der Waals surface area contributed by atoms with Gasteiger partial charge in [-0.05, 0) is 47.9 Å². The van der Waals surface area contributed by atoms with Gasteiger partial charge in [0.05, 0.1) is 50.4 Å². The summed E-state index contributed by atoms with van der Waals surface area (Å²) in [7, 11) is 0.420. The molecule has 3 aliphatic heterocycles. The van der Waals surface area contributed by atoms with Gasteiger partial charge in [0.1, 0.15) is 17.6 Å². The van der Waals surface area contributed by atoms with E-state index in [2.05, 4.69) is 4.99 Å². The summed E-state index contributed by atoms with van der Waals surface area (Å²) in [5.74, 6) is -2.33. The predicted molar refractivity (Wildman–Crippen MR) is 165 cm³/mol. The first-order valence-corrected chi connectivity index (χ1v) is 15.7. The van der Waals surface area contributed by atoms with E-state index in [1.54, 1.807) is 6.07 Å². The third-order valence-corrected chi connectivity index (χ3v) is 10.5. The molecule has 3 aromatic rings. The highest BCUT2D eigenvalue weighted by molar-refractivity contribution is 7.89. The fourth-order valence-electron chi connectivity index (χ4n) is 6.77. The van der Waals surface area contributed by atoms with E-state index in [-0.39, 0.29) is 29.3 Å². The zero-order valence-electron chi connectivity index (χ0n) is 25.5. The second-order valence-corrected chi connectivity index (χ2v) is 12.7. The van der Waals surface area contributed by atoms with Gasteiger partial charge in [0, 0.05) is 12.2 Å². The molecule has 0 aromatic heterocycles. The molecule has 0 N–H and O–H groups in total. The quantitative estimate of drug-likeness (QED) is 0.265. The molecule has 3 aliphatic rings. The second-order valence-electron chi connectivity index (χ2n) is 10.9. The number of hydrogen-bond acceptors (Lipinski definition) is 11. The van der Waals surface area contributed by atoms with Crippen molar-refractivity contribution < 1.29 is 41.7 Å². The summed E-state index contributed by atoms with van der Waals surface area (Å²) in [5, 5.41) is 0. The molecule has 12 nitrogen and oxygen atoms in total. The summed E-state index contributed by atoms with van der Waals surface area (Å²) < 4.78 is 50.7. The van der Waals surface area contributed by atoms with Gasteiger partial charge in [0.2, 0.25) is 0 Å². The van der Waals surface area contributed by atoms with Crippen LogP contribution in [0.4, 0.5) is 5.69 Å². The average molecular weight is 646 g/mol. The lowest BCUT2D eigenvalue weighted by Gasteiger charge is -2.40. The summed E-state index contributed by atoms with van der Waals surface area (Å²) in [4.78, 5) is 47.0. The minimum absolute atomic E-state index is 0.111. The van der Waals surface area contributed by atoms with Gasteiger partial charge < -0.3 is 23.8 Å². The Kier molecular flexibility index (Phi) is 7.80. The Labute approximate surface area is 265 Å². The van der Waals surface area contributed by atoms with Gasteiger partial charge in [-0.15, -0.1) is 0 Å². The lowest BCUT2D eigenvalue weighted by Crippen LogP contribution is -2.55. The van der Waals surface area contributed by atoms with Crippen LogP contribution in [0.5, 0.6) is 5.75 Å². The van der Waals surface area contributed by atoms with Gasteiger partial charge >= 0.3 is 17.9 Å². The normalized spacial score (nSPS) is 21.5. The van der Waals surface area contributed by atoms with Crippen molar-refractivity contribution in [2.75, 3.05) is 33.3 Å². The van der Waals surface area contributed by atoms with E-state index in [9.17, 15) is 22.8 Å². The number of amidine groups is 1. The van der Waals surface area contributed by atoms with Crippen molar-refractivity contribution in [2.45, 2.75) is 35.4 Å². The van der Waals surface area contributed by atoms with Crippen LogP contribution in [0, 0.1) is 0 Å². The fourth-order valence-corrected chi connectivity index (χ4v) is 8.41. The number of para-hydroxylation sites is 1. The Morgan fingerprint density at radius 2 is 1.50 bits per heavy atom. The minimum atomic E-state index is -4.52. The Bertz CT molecular complexity index is 1890. The number of carbonyl (C=O) groups is 3. The molecule has 0 radical (unpaired) electrons. The van der Waals surface area contributed by atoms with Crippen LogP contribution in [0.3, 0.4) is 0 Å². The van der Waals surface area contributed by atoms with Crippen molar-refractivity contribution in [3.05, 3.63) is 101 Å². The van der Waals surface area contributed by atoms with Crippen LogP contribution in [0.15, 0.2) is 100 Å². The van der Waals surface area contributed by atoms with Crippen LogP contribution in [0.25, 0.3) is 0 Å². The molecule has 3 heterocycles. The first-order chi connectivity index (χ1) is 22.1. The number of ether oxygens (including phenoxy) is 4. The van der Waals surface area contributed by atoms with Gasteiger partial charge in [0.15, 0.2) is 5.70 Å². The monoisotopic (exact) mass is 645 g/mol.